The van der Waals surface area contributed by atoms with Gasteiger partial charge in [-0.2, -0.15) is 0 Å². The van der Waals surface area contributed by atoms with Crippen LogP contribution in [0.1, 0.15) is 5.69 Å². The van der Waals surface area contributed by atoms with Crippen LogP contribution in [-0.2, 0) is 88.9 Å². The lowest BCUT2D eigenvalue weighted by molar-refractivity contribution is -0.396. The van der Waals surface area contributed by atoms with Gasteiger partial charge in [-0.15, -0.1) is 5.10 Å². The van der Waals surface area contributed by atoms with Gasteiger partial charge in [-0.1, -0.05) is 5.21 Å². The summed E-state index contributed by atoms with van der Waals surface area (Å²) >= 11 is 0. The molecule has 14 bridgehead atoms. The normalized spacial score (nSPS) is 52.5. The molecule has 0 aromatic carbocycles. The number of ether oxygens (including phenoxy) is 16. The summed E-state index contributed by atoms with van der Waals surface area (Å²) in [5.41, 5.74) is -0.0390. The van der Waals surface area contributed by atoms with Gasteiger partial charge in [0.15, 0.2) is 50.3 Å². The Morgan fingerprint density at radius 2 is 0.521 bits per heavy atom. The quantitative estimate of drug-likeness (QED) is 0.0924. The second-order valence-electron chi connectivity index (χ2n) is 23.9. The van der Waals surface area contributed by atoms with Crippen molar-refractivity contribution in [2.75, 3.05) is 46.2 Å². The maximum Gasteiger partial charge on any atom is 0.187 e. The second kappa shape index (κ2) is 31.6. The third-order valence-corrected chi connectivity index (χ3v) is 17.8. The van der Waals surface area contributed by atoms with Crippen LogP contribution in [-0.4, -0.2) is 429 Å². The van der Waals surface area contributed by atoms with E-state index in [1.54, 1.807) is 0 Å². The Morgan fingerprint density at radius 1 is 0.277 bits per heavy atom. The van der Waals surface area contributed by atoms with Gasteiger partial charge in [0.25, 0.3) is 0 Å². The van der Waals surface area contributed by atoms with Crippen molar-refractivity contribution in [1.29, 1.82) is 0 Å². The Morgan fingerprint density at radius 3 is 0.777 bits per heavy atom. The minimum absolute atomic E-state index is 0.0390. The zero-order valence-electron chi connectivity index (χ0n) is 49.1. The van der Waals surface area contributed by atoms with Crippen LogP contribution in [0.15, 0.2) is 6.20 Å². The molecule has 0 spiro atoms. The van der Waals surface area contributed by atoms with Gasteiger partial charge in [-0.25, -0.2) is 4.68 Å². The molecule has 22 fully saturated rings. The van der Waals surface area contributed by atoms with Gasteiger partial charge >= 0.3 is 0 Å². The summed E-state index contributed by atoms with van der Waals surface area (Å²) in [4.78, 5) is 0. The van der Waals surface area contributed by atoms with Crippen molar-refractivity contribution in [2.24, 2.45) is 0 Å². The number of aliphatic hydroxyl groups excluding tert-OH is 24. The van der Waals surface area contributed by atoms with E-state index in [4.69, 9.17) is 75.8 Å². The molecule has 22 aliphatic heterocycles. The van der Waals surface area contributed by atoms with Gasteiger partial charge in [-0.3, -0.25) is 0 Å². The zero-order valence-corrected chi connectivity index (χ0v) is 49.1. The SMILES string of the molecule is OC[C@H]1O[C@@H](OCc2cn(C[C@H]3O[C@@H]4O[C@H]5[C@H](O)[C@@H](O)[C@@H](O[C@H]6[C@H](O)[C@@H](O)[C@@H](O[C@H]7[C@H](O)[C@@H](O)[C@@H](O[C@H]8[C@H](O)[C@@H](O)[C@@H](O[C@H]9[C@H](O)[C@@H](O)[C@@H](O[C@H]%10[C@H](O)[C@@H](O)[C@@H](O[C@H]3[C@H](O)[C@H]4O)O[C@@H]%10CO)O[C@@H]9CO)O[C@@H]8CO)O[C@@H]7CO)O[C@@H]6CO)O[C@@H]5CO)nn2)[C@H](O)[C@@H](O)[C@H]1O. The predicted octanol–water partition coefficient (Wildman–Crippen LogP) is -17.6. The van der Waals surface area contributed by atoms with E-state index in [1.165, 1.54) is 6.20 Å². The summed E-state index contributed by atoms with van der Waals surface area (Å²) in [5.74, 6) is 0. The van der Waals surface area contributed by atoms with Crippen LogP contribution in [0.5, 0.6) is 0 Å². The highest BCUT2D eigenvalue weighted by Gasteiger charge is 2.60. The molecule has 22 saturated heterocycles. The van der Waals surface area contributed by atoms with Crippen molar-refractivity contribution in [3.8, 4) is 0 Å². The molecule has 0 radical (unpaired) electrons. The van der Waals surface area contributed by atoms with E-state index in [1.807, 2.05) is 0 Å². The topological polar surface area (TPSA) is 664 Å². The fourth-order valence-electron chi connectivity index (χ4n) is 12.5. The van der Waals surface area contributed by atoms with Crippen molar-refractivity contribution in [3.05, 3.63) is 11.9 Å². The number of aliphatic hydroxyl groups is 24. The van der Waals surface area contributed by atoms with Crippen LogP contribution >= 0.6 is 0 Å². The first-order chi connectivity index (χ1) is 44.8. The molecule has 40 atom stereocenters. The van der Waals surface area contributed by atoms with Crippen LogP contribution < -0.4 is 0 Å². The van der Waals surface area contributed by atoms with E-state index in [2.05, 4.69) is 10.3 Å². The summed E-state index contributed by atoms with van der Waals surface area (Å²) in [6.45, 7) is -8.48. The Kier molecular flexibility index (Phi) is 25.0. The summed E-state index contributed by atoms with van der Waals surface area (Å²) in [6, 6.07) is 0. The average Bonchev–Trinajstić information content (AvgIpc) is 0.798. The Bertz CT molecular complexity index is 2490. The highest BCUT2D eigenvalue weighted by molar-refractivity contribution is 5.03. The van der Waals surface area contributed by atoms with Crippen LogP contribution in [0.4, 0.5) is 0 Å². The van der Waals surface area contributed by atoms with Crippen molar-refractivity contribution in [3.63, 3.8) is 0 Å². The molecule has 0 aliphatic carbocycles. The first-order valence-corrected chi connectivity index (χ1v) is 30.0. The number of aromatic nitrogens is 3. The molecule has 23 heterocycles. The first-order valence-electron chi connectivity index (χ1n) is 30.0. The molecule has 0 unspecified atom stereocenters. The van der Waals surface area contributed by atoms with E-state index < -0.39 is 305 Å². The average molecular weight is 1380 g/mol. The maximum atomic E-state index is 12.0. The molecule has 43 nitrogen and oxygen atoms in total. The van der Waals surface area contributed by atoms with Crippen LogP contribution in [0, 0.1) is 0 Å². The molecule has 542 valence electrons. The van der Waals surface area contributed by atoms with Crippen molar-refractivity contribution in [2.45, 2.75) is 259 Å². The van der Waals surface area contributed by atoms with Crippen LogP contribution in [0.2, 0.25) is 0 Å². The third kappa shape index (κ3) is 14.8. The van der Waals surface area contributed by atoms with Gasteiger partial charge in [0.2, 0.25) is 0 Å². The molecule has 94 heavy (non-hydrogen) atoms. The first kappa shape index (κ1) is 74.2. The summed E-state index contributed by atoms with van der Waals surface area (Å²) in [6.07, 6.45) is -79.5. The third-order valence-electron chi connectivity index (χ3n) is 17.8. The Balaban J connectivity index is 0.940. The fraction of sp³-hybridized carbons (Fsp3) is 0.961. The molecular weight excluding hydrogens is 1290 g/mol. The van der Waals surface area contributed by atoms with E-state index in [9.17, 15) is 123 Å². The predicted molar refractivity (Wildman–Crippen MR) is 280 cm³/mol. The molecule has 0 saturated carbocycles. The molecule has 0 amide bonds. The summed E-state index contributed by atoms with van der Waals surface area (Å²) in [7, 11) is 0. The van der Waals surface area contributed by atoms with Crippen molar-refractivity contribution < 1.29 is 198 Å². The molecule has 23 rings (SSSR count). The van der Waals surface area contributed by atoms with E-state index in [0.717, 1.165) is 4.68 Å². The molecule has 43 heteroatoms. The molecule has 1 aromatic rings. The lowest BCUT2D eigenvalue weighted by atomic mass is 9.95. The van der Waals surface area contributed by atoms with E-state index in [-0.39, 0.29) is 5.69 Å². The van der Waals surface area contributed by atoms with Gasteiger partial charge in [0, 0.05) is 0 Å². The van der Waals surface area contributed by atoms with E-state index in [0.29, 0.717) is 0 Å². The summed E-state index contributed by atoms with van der Waals surface area (Å²) in [5, 5.41) is 273. The van der Waals surface area contributed by atoms with Gasteiger partial charge in [-0.05, 0) is 0 Å². The minimum atomic E-state index is -2.31. The second-order valence-corrected chi connectivity index (χ2v) is 23.9. The molecule has 24 N–H and O–H groups in total. The lowest BCUT2D eigenvalue weighted by Crippen LogP contribution is -2.68. The van der Waals surface area contributed by atoms with Crippen molar-refractivity contribution in [1.82, 2.24) is 15.0 Å². The van der Waals surface area contributed by atoms with E-state index >= 15 is 0 Å². The molecule has 22 aliphatic rings. The smallest absolute Gasteiger partial charge is 0.187 e. The largest absolute Gasteiger partial charge is 0.394 e. The van der Waals surface area contributed by atoms with Gasteiger partial charge in [0.1, 0.15) is 201 Å². The van der Waals surface area contributed by atoms with Crippen LogP contribution in [0.25, 0.3) is 0 Å². The monoisotopic (exact) mass is 1380 g/mol. The summed E-state index contributed by atoms with van der Waals surface area (Å²) < 4.78 is 93.3. The number of rotatable bonds is 12. The van der Waals surface area contributed by atoms with Gasteiger partial charge in [0.05, 0.1) is 65.6 Å². The maximum absolute atomic E-state index is 12.0. The Labute approximate surface area is 529 Å². The number of hydrogen-bond acceptors (Lipinski definition) is 42. The standard InChI is InChI=1S/C51H83N3O40/c55-3-13-20(62)21(63)29(71)44(81-13)79-10-11-1-54(53-52-11)2-12-37-22(64)30(72)45(80-12)89-38-14(4-56)83-47(32(74)24(38)66)91-40-16(6-58)85-49(34(76)26(40)68)93-42-18(8-60)87-51(36(78)28(42)70)94-43-19(9-61)86-50(35(77)27(43)69)92-41-17(7-59)84-48(33(75)25(41)67)90-39-15(5-57)82-46(88-37)31(73)23(39)65/h1,12-51,55-78H,2-10H2/t12-,13-,14-,15-,16-,17-,18-,19-,20+,21+,22-,23-,24-,25-,26-,27-,28-,29-,30-,31-,32-,33-,34-,35-,36-,37-,38-,39-,40-,41-,42-,43-,44-,45-,46-,47-,48-,49-,50-,51-/m1/s1. The van der Waals surface area contributed by atoms with Crippen LogP contribution in [0.3, 0.4) is 0 Å². The van der Waals surface area contributed by atoms with Gasteiger partial charge < -0.3 is 198 Å². The number of nitrogens with zero attached hydrogens (tertiary/aromatic N) is 3. The number of hydrogen-bond donors (Lipinski definition) is 24. The fourth-order valence-corrected chi connectivity index (χ4v) is 12.5. The molecular formula is C51H83N3O40. The highest BCUT2D eigenvalue weighted by atomic mass is 16.8. The zero-order chi connectivity index (χ0) is 68.0. The highest BCUT2D eigenvalue weighted by Crippen LogP contribution is 2.39. The lowest BCUT2D eigenvalue weighted by Gasteiger charge is -2.50. The molecule has 1 aromatic heterocycles. The van der Waals surface area contributed by atoms with Crippen molar-refractivity contribution >= 4 is 0 Å². The minimum Gasteiger partial charge on any atom is -0.394 e. The Hall–Kier alpha value is -2.46.